The Kier molecular flexibility index (Phi) is 4.19. The third kappa shape index (κ3) is 2.81. The molecule has 4 N–H and O–H groups in total. The second-order valence-corrected chi connectivity index (χ2v) is 4.53. The van der Waals surface area contributed by atoms with Gasteiger partial charge in [0.1, 0.15) is 11.6 Å². The maximum Gasteiger partial charge on any atom is 0.223 e. The number of aliphatic hydroxyl groups is 1. The first-order valence-electron chi connectivity index (χ1n) is 6.50. The zero-order valence-corrected chi connectivity index (χ0v) is 10.8. The molecule has 1 unspecified atom stereocenters. The summed E-state index contributed by atoms with van der Waals surface area (Å²) in [5.41, 5.74) is 5.73. The fourth-order valence-electron chi connectivity index (χ4n) is 2.36. The second-order valence-electron chi connectivity index (χ2n) is 4.53. The van der Waals surface area contributed by atoms with E-state index in [0.717, 1.165) is 44.0 Å². The van der Waals surface area contributed by atoms with Gasteiger partial charge in [-0.15, -0.1) is 0 Å². The Hall–Kier alpha value is -1.56. The van der Waals surface area contributed by atoms with E-state index in [4.69, 9.17) is 5.73 Å². The van der Waals surface area contributed by atoms with Crippen molar-refractivity contribution in [2.75, 3.05) is 35.6 Å². The number of piperidine rings is 1. The van der Waals surface area contributed by atoms with Crippen molar-refractivity contribution in [3.05, 3.63) is 6.07 Å². The highest BCUT2D eigenvalue weighted by molar-refractivity contribution is 5.53. The summed E-state index contributed by atoms with van der Waals surface area (Å²) in [6, 6.07) is 2.04. The number of aromatic nitrogens is 2. The van der Waals surface area contributed by atoms with E-state index in [1.54, 1.807) is 0 Å². The van der Waals surface area contributed by atoms with Crippen LogP contribution < -0.4 is 16.0 Å². The molecule has 1 aromatic heterocycles. The van der Waals surface area contributed by atoms with E-state index >= 15 is 0 Å². The average molecular weight is 251 g/mol. The number of aliphatic hydroxyl groups excluding tert-OH is 1. The molecule has 0 amide bonds. The Labute approximate surface area is 107 Å². The molecule has 6 nitrogen and oxygen atoms in total. The maximum atomic E-state index is 9.43. The molecule has 1 aromatic rings. The van der Waals surface area contributed by atoms with Gasteiger partial charge in [-0.2, -0.15) is 9.97 Å². The monoisotopic (exact) mass is 251 g/mol. The molecule has 0 radical (unpaired) electrons. The van der Waals surface area contributed by atoms with Crippen LogP contribution in [0.2, 0.25) is 0 Å². The lowest BCUT2D eigenvalue weighted by atomic mass is 10.0. The zero-order valence-electron chi connectivity index (χ0n) is 10.8. The van der Waals surface area contributed by atoms with Crippen molar-refractivity contribution in [3.63, 3.8) is 0 Å². The number of nitrogens with zero attached hydrogens (tertiary/aromatic N) is 3. The molecule has 1 saturated heterocycles. The van der Waals surface area contributed by atoms with Crippen molar-refractivity contribution < 1.29 is 5.11 Å². The lowest BCUT2D eigenvalue weighted by Gasteiger charge is -2.35. The van der Waals surface area contributed by atoms with Gasteiger partial charge in [0, 0.05) is 19.2 Å². The van der Waals surface area contributed by atoms with Crippen molar-refractivity contribution >= 4 is 17.6 Å². The quantitative estimate of drug-likeness (QED) is 0.735. The molecule has 0 saturated carbocycles. The third-order valence-electron chi connectivity index (χ3n) is 3.22. The van der Waals surface area contributed by atoms with Gasteiger partial charge < -0.3 is 21.1 Å². The fraction of sp³-hybridized carbons (Fsp3) is 0.667. The standard InChI is InChI=1S/C12H21N5O/c1-2-14-10-7-11(16-12(13)15-10)17-6-4-3-5-9(17)8-18/h7,9,18H,2-6,8H2,1H3,(H3,13,14,15,16). The molecule has 2 rings (SSSR count). The first kappa shape index (κ1) is 12.9. The first-order valence-corrected chi connectivity index (χ1v) is 6.50. The van der Waals surface area contributed by atoms with Crippen LogP contribution in [0.1, 0.15) is 26.2 Å². The van der Waals surface area contributed by atoms with Crippen LogP contribution in [-0.4, -0.2) is 40.8 Å². The molecule has 18 heavy (non-hydrogen) atoms. The highest BCUT2D eigenvalue weighted by Crippen LogP contribution is 2.25. The van der Waals surface area contributed by atoms with Crippen LogP contribution in [0.3, 0.4) is 0 Å². The van der Waals surface area contributed by atoms with Gasteiger partial charge in [0.2, 0.25) is 5.95 Å². The lowest BCUT2D eigenvalue weighted by Crippen LogP contribution is -2.42. The van der Waals surface area contributed by atoms with Crippen molar-refractivity contribution in [3.8, 4) is 0 Å². The van der Waals surface area contributed by atoms with Gasteiger partial charge in [-0.05, 0) is 26.2 Å². The third-order valence-corrected chi connectivity index (χ3v) is 3.22. The molecule has 0 spiro atoms. The van der Waals surface area contributed by atoms with Crippen LogP contribution in [-0.2, 0) is 0 Å². The minimum atomic E-state index is 0.141. The first-order chi connectivity index (χ1) is 8.74. The maximum absolute atomic E-state index is 9.43. The summed E-state index contributed by atoms with van der Waals surface area (Å²) in [5.74, 6) is 1.81. The predicted molar refractivity (Wildman–Crippen MR) is 72.7 cm³/mol. The Balaban J connectivity index is 2.24. The molecule has 100 valence electrons. The smallest absolute Gasteiger partial charge is 0.223 e. The minimum Gasteiger partial charge on any atom is -0.394 e. The number of nitrogens with one attached hydrogen (secondary N) is 1. The van der Waals surface area contributed by atoms with Crippen LogP contribution in [0.4, 0.5) is 17.6 Å². The van der Waals surface area contributed by atoms with E-state index in [9.17, 15) is 5.11 Å². The van der Waals surface area contributed by atoms with Crippen LogP contribution in [0, 0.1) is 0 Å². The Morgan fingerprint density at radius 1 is 1.50 bits per heavy atom. The Morgan fingerprint density at radius 3 is 3.06 bits per heavy atom. The Morgan fingerprint density at radius 2 is 2.33 bits per heavy atom. The average Bonchev–Trinajstić information content (AvgIpc) is 2.38. The van der Waals surface area contributed by atoms with E-state index in [1.165, 1.54) is 0 Å². The molecule has 0 aromatic carbocycles. The summed E-state index contributed by atoms with van der Waals surface area (Å²) in [4.78, 5) is 10.5. The summed E-state index contributed by atoms with van der Waals surface area (Å²) < 4.78 is 0. The fourth-order valence-corrected chi connectivity index (χ4v) is 2.36. The van der Waals surface area contributed by atoms with Crippen molar-refractivity contribution in [2.24, 2.45) is 0 Å². The lowest BCUT2D eigenvalue weighted by molar-refractivity contribution is 0.239. The largest absolute Gasteiger partial charge is 0.394 e. The number of nitrogen functional groups attached to an aromatic ring is 1. The van der Waals surface area contributed by atoms with E-state index in [0.29, 0.717) is 0 Å². The van der Waals surface area contributed by atoms with Crippen molar-refractivity contribution in [1.82, 2.24) is 9.97 Å². The van der Waals surface area contributed by atoms with Crippen molar-refractivity contribution in [2.45, 2.75) is 32.2 Å². The summed E-state index contributed by atoms with van der Waals surface area (Å²) in [6.45, 7) is 3.86. The highest BCUT2D eigenvalue weighted by Gasteiger charge is 2.23. The molecule has 1 aliphatic rings. The molecule has 1 aliphatic heterocycles. The summed E-state index contributed by atoms with van der Waals surface area (Å²) >= 11 is 0. The minimum absolute atomic E-state index is 0.141. The van der Waals surface area contributed by atoms with Gasteiger partial charge in [-0.3, -0.25) is 0 Å². The van der Waals surface area contributed by atoms with Gasteiger partial charge in [-0.1, -0.05) is 0 Å². The molecular weight excluding hydrogens is 230 g/mol. The predicted octanol–water partition coefficient (Wildman–Crippen LogP) is 0.842. The van der Waals surface area contributed by atoms with Crippen LogP contribution in [0.15, 0.2) is 6.07 Å². The molecular formula is C12H21N5O. The van der Waals surface area contributed by atoms with Gasteiger partial charge in [0.05, 0.1) is 12.6 Å². The number of nitrogens with two attached hydrogens (primary N) is 1. The zero-order chi connectivity index (χ0) is 13.0. The molecule has 1 atom stereocenters. The van der Waals surface area contributed by atoms with E-state index in [1.807, 2.05) is 13.0 Å². The van der Waals surface area contributed by atoms with E-state index in [2.05, 4.69) is 20.2 Å². The second kappa shape index (κ2) is 5.86. The molecule has 0 bridgehead atoms. The number of rotatable bonds is 4. The van der Waals surface area contributed by atoms with Gasteiger partial charge in [0.15, 0.2) is 0 Å². The molecule has 6 heteroatoms. The highest BCUT2D eigenvalue weighted by atomic mass is 16.3. The van der Waals surface area contributed by atoms with Crippen molar-refractivity contribution in [1.29, 1.82) is 0 Å². The number of hydrogen-bond donors (Lipinski definition) is 3. The molecule has 0 aliphatic carbocycles. The molecule has 2 heterocycles. The summed E-state index contributed by atoms with van der Waals surface area (Å²) in [5, 5.41) is 12.6. The van der Waals surface area contributed by atoms with Crippen LogP contribution in [0.25, 0.3) is 0 Å². The topological polar surface area (TPSA) is 87.3 Å². The SMILES string of the molecule is CCNc1cc(N2CCCCC2CO)nc(N)n1. The number of anilines is 3. The van der Waals surface area contributed by atoms with Gasteiger partial charge >= 0.3 is 0 Å². The van der Waals surface area contributed by atoms with Crippen LogP contribution in [0.5, 0.6) is 0 Å². The summed E-state index contributed by atoms with van der Waals surface area (Å²) in [6.07, 6.45) is 3.27. The van der Waals surface area contributed by atoms with Gasteiger partial charge in [0.25, 0.3) is 0 Å². The van der Waals surface area contributed by atoms with E-state index in [-0.39, 0.29) is 18.6 Å². The molecule has 1 fully saturated rings. The summed E-state index contributed by atoms with van der Waals surface area (Å²) in [7, 11) is 0. The number of hydrogen-bond acceptors (Lipinski definition) is 6. The van der Waals surface area contributed by atoms with E-state index < -0.39 is 0 Å². The van der Waals surface area contributed by atoms with Crippen LogP contribution >= 0.6 is 0 Å². The van der Waals surface area contributed by atoms with Gasteiger partial charge in [-0.25, -0.2) is 0 Å². The Bertz CT molecular complexity index is 398. The normalized spacial score (nSPS) is 19.9.